The summed E-state index contributed by atoms with van der Waals surface area (Å²) in [4.78, 5) is 16.7. The van der Waals surface area contributed by atoms with E-state index < -0.39 is 0 Å². The third-order valence-electron chi connectivity index (χ3n) is 4.50. The summed E-state index contributed by atoms with van der Waals surface area (Å²) in [5, 5.41) is 7.22. The van der Waals surface area contributed by atoms with Crippen LogP contribution >= 0.6 is 0 Å². The van der Waals surface area contributed by atoms with E-state index in [1.54, 1.807) is 0 Å². The van der Waals surface area contributed by atoms with Crippen molar-refractivity contribution < 1.29 is 4.79 Å². The fourth-order valence-electron chi connectivity index (χ4n) is 2.95. The monoisotopic (exact) mass is 328 g/mol. The van der Waals surface area contributed by atoms with E-state index in [-0.39, 0.29) is 11.9 Å². The zero-order chi connectivity index (χ0) is 17.9. The summed E-state index contributed by atoms with van der Waals surface area (Å²) in [6.07, 6.45) is 0.810. The van der Waals surface area contributed by atoms with Crippen molar-refractivity contribution in [2.75, 3.05) is 27.7 Å². The first-order valence-electron chi connectivity index (χ1n) is 8.29. The third-order valence-corrected chi connectivity index (χ3v) is 4.50. The van der Waals surface area contributed by atoms with Crippen molar-refractivity contribution in [1.82, 2.24) is 20.0 Å². The van der Waals surface area contributed by atoms with Gasteiger partial charge in [-0.25, -0.2) is 0 Å². The van der Waals surface area contributed by atoms with E-state index >= 15 is 0 Å². The van der Waals surface area contributed by atoms with Crippen LogP contribution in [-0.2, 0) is 11.2 Å². The molecule has 0 bridgehead atoms. The number of aromatic nitrogens is 2. The first kappa shape index (κ1) is 18.2. The maximum atomic E-state index is 13.0. The van der Waals surface area contributed by atoms with Gasteiger partial charge in [0.25, 0.3) is 0 Å². The number of nitrogens with one attached hydrogen (secondary N) is 1. The molecule has 5 heteroatoms. The highest BCUT2D eigenvalue weighted by Crippen LogP contribution is 2.21. The molecule has 0 fully saturated rings. The van der Waals surface area contributed by atoms with Gasteiger partial charge in [-0.3, -0.25) is 14.8 Å². The number of aryl methyl sites for hydroxylation is 3. The quantitative estimate of drug-likeness (QED) is 0.887. The number of likely N-dealkylation sites (N-methyl/N-ethyl adjacent to an activating group) is 2. The van der Waals surface area contributed by atoms with Crippen LogP contribution in [0.1, 0.15) is 34.1 Å². The fourth-order valence-corrected chi connectivity index (χ4v) is 2.95. The van der Waals surface area contributed by atoms with Gasteiger partial charge < -0.3 is 4.90 Å². The molecule has 0 saturated heterocycles. The van der Waals surface area contributed by atoms with E-state index in [9.17, 15) is 4.79 Å². The molecule has 0 aliphatic rings. The van der Waals surface area contributed by atoms with E-state index in [0.29, 0.717) is 6.54 Å². The molecule has 1 N–H and O–H groups in total. The fraction of sp³-hybridized carbons (Fsp3) is 0.474. The minimum Gasteiger partial charge on any atom is -0.344 e. The van der Waals surface area contributed by atoms with Crippen molar-refractivity contribution in [3.05, 3.63) is 52.3 Å². The standard InChI is InChI=1S/C19H28N4O/c1-13-7-9-16(10-8-13)18(22(4)5)19(24)23(6)12-11-17-14(2)20-21-15(17)3/h7-10,18H,11-12H2,1-6H3,(H,20,21)/t18-/m1/s1. The molecule has 130 valence electrons. The lowest BCUT2D eigenvalue weighted by atomic mass is 10.0. The SMILES string of the molecule is Cc1ccc([C@H](C(=O)N(C)CCc2c(C)n[nH]c2C)N(C)C)cc1. The second-order valence-electron chi connectivity index (χ2n) is 6.70. The Morgan fingerprint density at radius 3 is 2.25 bits per heavy atom. The Hall–Kier alpha value is -2.14. The number of aromatic amines is 1. The average Bonchev–Trinajstić information content (AvgIpc) is 2.85. The molecular formula is C19H28N4O. The minimum atomic E-state index is -0.262. The topological polar surface area (TPSA) is 52.2 Å². The lowest BCUT2D eigenvalue weighted by molar-refractivity contribution is -0.135. The van der Waals surface area contributed by atoms with Crippen LogP contribution in [0.2, 0.25) is 0 Å². The summed E-state index contributed by atoms with van der Waals surface area (Å²) >= 11 is 0. The number of amides is 1. The van der Waals surface area contributed by atoms with Crippen LogP contribution in [0.25, 0.3) is 0 Å². The van der Waals surface area contributed by atoms with Crippen LogP contribution in [0.15, 0.2) is 24.3 Å². The maximum Gasteiger partial charge on any atom is 0.244 e. The lowest BCUT2D eigenvalue weighted by Gasteiger charge is -2.28. The van der Waals surface area contributed by atoms with Crippen LogP contribution in [0.5, 0.6) is 0 Å². The van der Waals surface area contributed by atoms with E-state index in [1.165, 1.54) is 11.1 Å². The number of carbonyl (C=O) groups excluding carboxylic acids is 1. The van der Waals surface area contributed by atoms with Crippen molar-refractivity contribution in [2.24, 2.45) is 0 Å². The molecule has 1 heterocycles. The highest BCUT2D eigenvalue weighted by molar-refractivity contribution is 5.83. The molecule has 2 rings (SSSR count). The first-order valence-corrected chi connectivity index (χ1v) is 8.29. The number of H-pyrrole nitrogens is 1. The van der Waals surface area contributed by atoms with Gasteiger partial charge in [0.05, 0.1) is 5.69 Å². The summed E-state index contributed by atoms with van der Waals surface area (Å²) in [6, 6.07) is 7.92. The Morgan fingerprint density at radius 2 is 1.75 bits per heavy atom. The van der Waals surface area contributed by atoms with E-state index in [0.717, 1.165) is 23.4 Å². The van der Waals surface area contributed by atoms with E-state index in [2.05, 4.69) is 29.3 Å². The Kier molecular flexibility index (Phi) is 5.78. The van der Waals surface area contributed by atoms with Gasteiger partial charge in [0.2, 0.25) is 5.91 Å². The van der Waals surface area contributed by atoms with Crippen molar-refractivity contribution >= 4 is 5.91 Å². The summed E-state index contributed by atoms with van der Waals surface area (Å²) in [6.45, 7) is 6.75. The molecule has 24 heavy (non-hydrogen) atoms. The van der Waals surface area contributed by atoms with Crippen LogP contribution < -0.4 is 0 Å². The van der Waals surface area contributed by atoms with Gasteiger partial charge in [0, 0.05) is 19.3 Å². The lowest BCUT2D eigenvalue weighted by Crippen LogP contribution is -2.39. The predicted molar refractivity (Wildman–Crippen MR) is 97.0 cm³/mol. The molecule has 1 atom stereocenters. The minimum absolute atomic E-state index is 0.114. The second-order valence-corrected chi connectivity index (χ2v) is 6.70. The molecule has 0 radical (unpaired) electrons. The zero-order valence-electron chi connectivity index (χ0n) is 15.6. The molecule has 0 saturated carbocycles. The second kappa shape index (κ2) is 7.62. The largest absolute Gasteiger partial charge is 0.344 e. The third kappa shape index (κ3) is 4.03. The molecule has 0 spiro atoms. The molecule has 2 aromatic rings. The summed E-state index contributed by atoms with van der Waals surface area (Å²) in [5.74, 6) is 0.114. The van der Waals surface area contributed by atoms with Crippen molar-refractivity contribution in [3.63, 3.8) is 0 Å². The Balaban J connectivity index is 2.10. The first-order chi connectivity index (χ1) is 11.3. The van der Waals surface area contributed by atoms with Gasteiger partial charge in [-0.05, 0) is 52.4 Å². The average molecular weight is 328 g/mol. The zero-order valence-corrected chi connectivity index (χ0v) is 15.6. The van der Waals surface area contributed by atoms with Crippen LogP contribution in [-0.4, -0.2) is 53.6 Å². The molecule has 1 aromatic heterocycles. The van der Waals surface area contributed by atoms with Gasteiger partial charge >= 0.3 is 0 Å². The van der Waals surface area contributed by atoms with Crippen LogP contribution in [0.3, 0.4) is 0 Å². The van der Waals surface area contributed by atoms with Gasteiger partial charge in [-0.1, -0.05) is 29.8 Å². The summed E-state index contributed by atoms with van der Waals surface area (Å²) in [5.41, 5.74) is 5.51. The van der Waals surface area contributed by atoms with Gasteiger partial charge in [0.15, 0.2) is 0 Å². The number of hydrogen-bond donors (Lipinski definition) is 1. The van der Waals surface area contributed by atoms with Gasteiger partial charge in [-0.2, -0.15) is 5.10 Å². The Labute approximate surface area is 144 Å². The van der Waals surface area contributed by atoms with Crippen molar-refractivity contribution in [2.45, 2.75) is 33.2 Å². The summed E-state index contributed by atoms with van der Waals surface area (Å²) < 4.78 is 0. The molecule has 5 nitrogen and oxygen atoms in total. The van der Waals surface area contributed by atoms with Crippen molar-refractivity contribution in [3.8, 4) is 0 Å². The number of nitrogens with zero attached hydrogens (tertiary/aromatic N) is 3. The maximum absolute atomic E-state index is 13.0. The number of hydrogen-bond acceptors (Lipinski definition) is 3. The highest BCUT2D eigenvalue weighted by atomic mass is 16.2. The molecular weight excluding hydrogens is 300 g/mol. The highest BCUT2D eigenvalue weighted by Gasteiger charge is 2.26. The van der Waals surface area contributed by atoms with Crippen LogP contribution in [0, 0.1) is 20.8 Å². The number of carbonyl (C=O) groups is 1. The smallest absolute Gasteiger partial charge is 0.244 e. The summed E-state index contributed by atoms with van der Waals surface area (Å²) in [7, 11) is 5.76. The Morgan fingerprint density at radius 1 is 1.12 bits per heavy atom. The molecule has 0 unspecified atom stereocenters. The van der Waals surface area contributed by atoms with Crippen LogP contribution in [0.4, 0.5) is 0 Å². The molecule has 0 aliphatic carbocycles. The number of rotatable bonds is 6. The van der Waals surface area contributed by atoms with E-state index in [4.69, 9.17) is 0 Å². The van der Waals surface area contributed by atoms with Gasteiger partial charge in [0.1, 0.15) is 6.04 Å². The Bertz CT molecular complexity index is 668. The molecule has 0 aliphatic heterocycles. The van der Waals surface area contributed by atoms with Crippen molar-refractivity contribution in [1.29, 1.82) is 0 Å². The molecule has 1 amide bonds. The number of benzene rings is 1. The predicted octanol–water partition coefficient (Wildman–Crippen LogP) is 2.64. The van der Waals surface area contributed by atoms with Gasteiger partial charge in [-0.15, -0.1) is 0 Å². The normalized spacial score (nSPS) is 12.5. The molecule has 1 aromatic carbocycles. The van der Waals surface area contributed by atoms with E-state index in [1.807, 2.05) is 56.9 Å².